The van der Waals surface area contributed by atoms with E-state index in [9.17, 15) is 23.4 Å². The van der Waals surface area contributed by atoms with Crippen molar-refractivity contribution in [2.45, 2.75) is 4.90 Å². The molecule has 1 aliphatic rings. The van der Waals surface area contributed by atoms with Crippen molar-refractivity contribution in [3.05, 3.63) is 59.3 Å². The number of hydrogen-bond donors (Lipinski definition) is 2. The molecule has 7 nitrogen and oxygen atoms in total. The van der Waals surface area contributed by atoms with Crippen LogP contribution in [0.15, 0.2) is 53.1 Å². The van der Waals surface area contributed by atoms with E-state index in [1.807, 2.05) is 0 Å². The van der Waals surface area contributed by atoms with Crippen molar-refractivity contribution in [2.75, 3.05) is 20.3 Å². The van der Waals surface area contributed by atoms with Crippen LogP contribution in [0.25, 0.3) is 6.08 Å². The number of Topliss-reactive ketones (excluding diaryl/α,β-unsaturated/α-hetero) is 1. The molecule has 1 aliphatic heterocycles. The molecule has 1 heterocycles. The van der Waals surface area contributed by atoms with Crippen molar-refractivity contribution in [2.24, 2.45) is 0 Å². The zero-order chi connectivity index (χ0) is 18.9. The van der Waals surface area contributed by atoms with Gasteiger partial charge < -0.3 is 14.9 Å². The summed E-state index contributed by atoms with van der Waals surface area (Å²) in [7, 11) is -2.58. The average molecular weight is 375 g/mol. The van der Waals surface area contributed by atoms with Crippen molar-refractivity contribution in [1.29, 1.82) is 0 Å². The fraction of sp³-hybridized carbons (Fsp3) is 0.167. The van der Waals surface area contributed by atoms with Gasteiger partial charge in [0, 0.05) is 5.56 Å². The number of benzene rings is 2. The Balaban J connectivity index is 2.20. The van der Waals surface area contributed by atoms with E-state index in [4.69, 9.17) is 4.74 Å². The number of phenols is 1. The number of carbonyl (C=O) groups excluding carboxylic acids is 1. The van der Waals surface area contributed by atoms with E-state index in [1.54, 1.807) is 12.1 Å². The summed E-state index contributed by atoms with van der Waals surface area (Å²) in [5, 5.41) is 19.0. The third kappa shape index (κ3) is 2.93. The third-order valence-electron chi connectivity index (χ3n) is 4.01. The van der Waals surface area contributed by atoms with Crippen LogP contribution in [0.5, 0.6) is 11.5 Å². The number of methoxy groups -OCH3 is 1. The quantitative estimate of drug-likeness (QED) is 0.787. The Bertz CT molecular complexity index is 996. The highest BCUT2D eigenvalue weighted by atomic mass is 32.2. The van der Waals surface area contributed by atoms with Gasteiger partial charge in [0.05, 0.1) is 25.2 Å². The van der Waals surface area contributed by atoms with Crippen molar-refractivity contribution >= 4 is 21.9 Å². The molecule has 0 aromatic heterocycles. The number of aliphatic hydroxyl groups excluding tert-OH is 1. The number of fused-ring (bicyclic) bond motifs is 1. The molecule has 8 heteroatoms. The van der Waals surface area contributed by atoms with Crippen molar-refractivity contribution in [3.8, 4) is 11.5 Å². The molecule has 2 N–H and O–H groups in total. The molecule has 0 amide bonds. The maximum Gasteiger partial charge on any atom is 0.265 e. The van der Waals surface area contributed by atoms with Gasteiger partial charge >= 0.3 is 0 Å². The standard InChI is InChI=1S/C18H17NO6S/c1-25-16-11-12(6-7-15(16)21)10-14-18(22)13-4-2-3-5-17(13)26(23,24)19(14)8-9-20/h2-7,10-11,20-21H,8-9H2,1H3. The van der Waals surface area contributed by atoms with Crippen LogP contribution < -0.4 is 4.74 Å². The summed E-state index contributed by atoms with van der Waals surface area (Å²) in [4.78, 5) is 12.8. The van der Waals surface area contributed by atoms with Crippen LogP contribution in [0.3, 0.4) is 0 Å². The lowest BCUT2D eigenvalue weighted by Crippen LogP contribution is -2.40. The van der Waals surface area contributed by atoms with E-state index in [1.165, 1.54) is 43.5 Å². The number of β-amino-alcohol motifs (C(OH)–C–C–N with tert-alkyl or cyclic N) is 1. The number of nitrogens with zero attached hydrogens (tertiary/aromatic N) is 1. The molecular weight excluding hydrogens is 358 g/mol. The number of carbonyl (C=O) groups is 1. The van der Waals surface area contributed by atoms with Gasteiger partial charge in [-0.15, -0.1) is 0 Å². The van der Waals surface area contributed by atoms with Crippen LogP contribution in [0.4, 0.5) is 0 Å². The maximum atomic E-state index is 12.9. The number of hydrogen-bond acceptors (Lipinski definition) is 6. The summed E-state index contributed by atoms with van der Waals surface area (Å²) in [5.74, 6) is -0.342. The Kier molecular flexibility index (Phi) is 4.71. The highest BCUT2D eigenvalue weighted by Gasteiger charge is 2.38. The van der Waals surface area contributed by atoms with Gasteiger partial charge in [-0.2, -0.15) is 0 Å². The molecule has 0 unspecified atom stereocenters. The van der Waals surface area contributed by atoms with Crippen LogP contribution >= 0.6 is 0 Å². The summed E-state index contributed by atoms with van der Waals surface area (Å²) in [6.45, 7) is -0.686. The number of rotatable bonds is 4. The van der Waals surface area contributed by atoms with Crippen LogP contribution in [0.1, 0.15) is 15.9 Å². The molecule has 0 fully saturated rings. The molecule has 26 heavy (non-hydrogen) atoms. The number of ketones is 1. The van der Waals surface area contributed by atoms with Crippen LogP contribution in [-0.2, 0) is 10.0 Å². The minimum absolute atomic E-state index is 0.0743. The molecule has 0 aliphatic carbocycles. The van der Waals surface area contributed by atoms with Gasteiger partial charge in [0.1, 0.15) is 5.70 Å². The van der Waals surface area contributed by atoms with Gasteiger partial charge in [-0.25, -0.2) is 8.42 Å². The van der Waals surface area contributed by atoms with E-state index in [2.05, 4.69) is 0 Å². The number of aromatic hydroxyl groups is 1. The number of sulfonamides is 1. The number of allylic oxidation sites excluding steroid dienone is 1. The van der Waals surface area contributed by atoms with Gasteiger partial charge in [0.15, 0.2) is 11.5 Å². The minimum Gasteiger partial charge on any atom is -0.504 e. The number of phenolic OH excluding ortho intramolecular Hbond substituents is 1. The topological polar surface area (TPSA) is 104 Å². The highest BCUT2D eigenvalue weighted by Crippen LogP contribution is 2.34. The van der Waals surface area contributed by atoms with E-state index in [0.29, 0.717) is 5.56 Å². The van der Waals surface area contributed by atoms with E-state index in [-0.39, 0.29) is 34.2 Å². The molecule has 0 spiro atoms. The Morgan fingerprint density at radius 2 is 1.92 bits per heavy atom. The first-order valence-electron chi connectivity index (χ1n) is 7.76. The molecule has 2 aromatic rings. The summed E-state index contributed by atoms with van der Waals surface area (Å²) >= 11 is 0. The second-order valence-electron chi connectivity index (χ2n) is 5.59. The zero-order valence-corrected chi connectivity index (χ0v) is 14.7. The molecule has 0 bridgehead atoms. The molecular formula is C18H17NO6S. The predicted molar refractivity (Wildman–Crippen MR) is 94.4 cm³/mol. The van der Waals surface area contributed by atoms with Crippen LogP contribution in [0.2, 0.25) is 0 Å². The van der Waals surface area contributed by atoms with Crippen molar-refractivity contribution in [3.63, 3.8) is 0 Å². The third-order valence-corrected chi connectivity index (χ3v) is 5.88. The monoisotopic (exact) mass is 375 g/mol. The Labute approximate surface area is 150 Å². The smallest absolute Gasteiger partial charge is 0.265 e. The van der Waals surface area contributed by atoms with E-state index in [0.717, 1.165) is 4.31 Å². The summed E-state index contributed by atoms with van der Waals surface area (Å²) < 4.78 is 31.7. The number of aliphatic hydroxyl groups is 1. The first kappa shape index (κ1) is 18.0. The Morgan fingerprint density at radius 1 is 1.19 bits per heavy atom. The minimum atomic E-state index is -3.97. The Morgan fingerprint density at radius 3 is 2.62 bits per heavy atom. The fourth-order valence-corrected chi connectivity index (χ4v) is 4.43. The van der Waals surface area contributed by atoms with Gasteiger partial charge in [-0.1, -0.05) is 18.2 Å². The summed E-state index contributed by atoms with van der Waals surface area (Å²) in [6.07, 6.45) is 1.40. The first-order valence-corrected chi connectivity index (χ1v) is 9.20. The summed E-state index contributed by atoms with van der Waals surface area (Å²) in [5.41, 5.74) is 0.477. The second-order valence-corrected chi connectivity index (χ2v) is 7.42. The van der Waals surface area contributed by atoms with E-state index >= 15 is 0 Å². The Hall–Kier alpha value is -2.84. The molecule has 3 rings (SSSR count). The van der Waals surface area contributed by atoms with E-state index < -0.39 is 22.4 Å². The van der Waals surface area contributed by atoms with Crippen LogP contribution in [-0.4, -0.2) is 49.0 Å². The zero-order valence-electron chi connectivity index (χ0n) is 13.9. The lowest BCUT2D eigenvalue weighted by Gasteiger charge is -2.30. The molecule has 2 aromatic carbocycles. The lowest BCUT2D eigenvalue weighted by atomic mass is 10.0. The summed E-state index contributed by atoms with van der Waals surface area (Å²) in [6, 6.07) is 10.4. The van der Waals surface area contributed by atoms with Gasteiger partial charge in [-0.3, -0.25) is 9.10 Å². The first-order chi connectivity index (χ1) is 12.4. The van der Waals surface area contributed by atoms with Crippen molar-refractivity contribution < 1.29 is 28.2 Å². The lowest BCUT2D eigenvalue weighted by molar-refractivity contribution is 0.0998. The molecule has 0 saturated carbocycles. The SMILES string of the molecule is COc1cc(C=C2C(=O)c3ccccc3S(=O)(=O)N2CCO)ccc1O. The van der Waals surface area contributed by atoms with Gasteiger partial charge in [-0.05, 0) is 35.9 Å². The maximum absolute atomic E-state index is 12.9. The van der Waals surface area contributed by atoms with Gasteiger partial charge in [0.25, 0.3) is 10.0 Å². The second kappa shape index (κ2) is 6.81. The number of ether oxygens (including phenoxy) is 1. The molecule has 0 saturated heterocycles. The molecule has 0 radical (unpaired) electrons. The fourth-order valence-electron chi connectivity index (χ4n) is 2.79. The predicted octanol–water partition coefficient (Wildman–Crippen LogP) is 1.62. The largest absolute Gasteiger partial charge is 0.504 e. The van der Waals surface area contributed by atoms with Crippen LogP contribution in [0, 0.1) is 0 Å². The molecule has 136 valence electrons. The average Bonchev–Trinajstić information content (AvgIpc) is 2.64. The molecule has 0 atom stereocenters. The normalized spacial score (nSPS) is 17.2. The highest BCUT2D eigenvalue weighted by molar-refractivity contribution is 7.89. The van der Waals surface area contributed by atoms with Crippen molar-refractivity contribution in [1.82, 2.24) is 4.31 Å². The van der Waals surface area contributed by atoms with Gasteiger partial charge in [0.2, 0.25) is 5.78 Å².